The van der Waals surface area contributed by atoms with E-state index in [1.807, 2.05) is 0 Å². The molecule has 2 atom stereocenters. The molecule has 2 unspecified atom stereocenters. The van der Waals surface area contributed by atoms with Gasteiger partial charge in [0, 0.05) is 23.5 Å². The topological polar surface area (TPSA) is 41.1 Å². The van der Waals surface area contributed by atoms with Gasteiger partial charge in [0.1, 0.15) is 0 Å². The van der Waals surface area contributed by atoms with E-state index >= 15 is 0 Å². The quantitative estimate of drug-likeness (QED) is 0.838. The van der Waals surface area contributed by atoms with Crippen LogP contribution in [0.3, 0.4) is 0 Å². The van der Waals surface area contributed by atoms with E-state index in [4.69, 9.17) is 0 Å². The molecule has 1 aliphatic carbocycles. The molecule has 2 heterocycles. The summed E-state index contributed by atoms with van der Waals surface area (Å²) in [6.45, 7) is 4.47. The average Bonchev–Trinajstić information content (AvgIpc) is 2.63. The number of piperidine rings is 1. The van der Waals surface area contributed by atoms with Crippen LogP contribution in [-0.2, 0) is 4.79 Å². The first-order valence-electron chi connectivity index (χ1n) is 8.14. The first-order valence-corrected chi connectivity index (χ1v) is 8.14. The molecule has 0 radical (unpaired) electrons. The maximum absolute atomic E-state index is 12.7. The van der Waals surface area contributed by atoms with Crippen molar-refractivity contribution >= 4 is 18.3 Å². The van der Waals surface area contributed by atoms with Crippen LogP contribution >= 0.6 is 12.4 Å². The minimum absolute atomic E-state index is 0. The molecule has 3 nitrogen and oxygen atoms in total. The van der Waals surface area contributed by atoms with Gasteiger partial charge in [-0.05, 0) is 50.9 Å². The number of rotatable bonds is 4. The molecular weight excluding hydrogens is 272 g/mol. The zero-order valence-corrected chi connectivity index (χ0v) is 13.6. The molecule has 0 aromatic carbocycles. The number of amides is 1. The number of halogens is 1. The second-order valence-corrected chi connectivity index (χ2v) is 7.51. The number of hydrogen-bond donors (Lipinski definition) is 2. The molecule has 0 aromatic heterocycles. The smallest absolute Gasteiger partial charge is 0.226 e. The first-order chi connectivity index (χ1) is 9.07. The van der Waals surface area contributed by atoms with E-state index in [9.17, 15) is 4.79 Å². The Morgan fingerprint density at radius 3 is 2.30 bits per heavy atom. The van der Waals surface area contributed by atoms with Crippen LogP contribution in [0.5, 0.6) is 0 Å². The molecule has 2 N–H and O–H groups in total. The molecular formula is C16H29ClN2O. The van der Waals surface area contributed by atoms with Gasteiger partial charge in [0.15, 0.2) is 0 Å². The summed E-state index contributed by atoms with van der Waals surface area (Å²) >= 11 is 0. The summed E-state index contributed by atoms with van der Waals surface area (Å²) in [7, 11) is 0. The van der Waals surface area contributed by atoms with Gasteiger partial charge in [-0.2, -0.15) is 0 Å². The molecule has 3 rings (SSSR count). The molecule has 3 aliphatic rings. The average molecular weight is 301 g/mol. The Morgan fingerprint density at radius 2 is 1.85 bits per heavy atom. The van der Waals surface area contributed by atoms with Gasteiger partial charge in [-0.25, -0.2) is 0 Å². The third-order valence-corrected chi connectivity index (χ3v) is 5.40. The minimum atomic E-state index is -0.0158. The van der Waals surface area contributed by atoms with Gasteiger partial charge in [-0.15, -0.1) is 12.4 Å². The highest BCUT2D eigenvalue weighted by Crippen LogP contribution is 2.46. The van der Waals surface area contributed by atoms with Gasteiger partial charge in [0.2, 0.25) is 5.91 Å². The molecule has 2 aliphatic heterocycles. The highest BCUT2D eigenvalue weighted by atomic mass is 35.5. The molecule has 0 spiro atoms. The van der Waals surface area contributed by atoms with Crippen LogP contribution in [0, 0.1) is 11.3 Å². The second kappa shape index (κ2) is 6.23. The Balaban J connectivity index is 0.00000147. The lowest BCUT2D eigenvalue weighted by atomic mass is 9.64. The van der Waals surface area contributed by atoms with Crippen molar-refractivity contribution in [3.05, 3.63) is 0 Å². The van der Waals surface area contributed by atoms with E-state index < -0.39 is 0 Å². The lowest BCUT2D eigenvalue weighted by Crippen LogP contribution is -2.53. The minimum Gasteiger partial charge on any atom is -0.353 e. The lowest BCUT2D eigenvalue weighted by molar-refractivity contribution is -0.138. The van der Waals surface area contributed by atoms with Gasteiger partial charge in [0.25, 0.3) is 0 Å². The number of carbonyl (C=O) groups is 1. The predicted molar refractivity (Wildman–Crippen MR) is 84.1 cm³/mol. The van der Waals surface area contributed by atoms with E-state index in [0.717, 1.165) is 32.1 Å². The second-order valence-electron chi connectivity index (χ2n) is 7.51. The summed E-state index contributed by atoms with van der Waals surface area (Å²) in [4.78, 5) is 12.7. The van der Waals surface area contributed by atoms with Crippen LogP contribution in [-0.4, -0.2) is 24.0 Å². The fourth-order valence-electron chi connectivity index (χ4n) is 4.42. The summed E-state index contributed by atoms with van der Waals surface area (Å²) in [5, 5.41) is 7.03. The summed E-state index contributed by atoms with van der Waals surface area (Å²) in [6.07, 6.45) is 9.39. The molecule has 20 heavy (non-hydrogen) atoms. The highest BCUT2D eigenvalue weighted by molar-refractivity contribution is 5.85. The zero-order valence-electron chi connectivity index (χ0n) is 12.8. The zero-order chi connectivity index (χ0) is 13.5. The standard InChI is InChI=1S/C16H28N2O.ClH/c1-11(2)10-16(6-3-7-16)15(19)18-14-8-12-4-5-13(9-14)17-12;/h11-14,17H,3-10H2,1-2H3,(H,18,19);1H. The Kier molecular flexibility index (Phi) is 5.01. The largest absolute Gasteiger partial charge is 0.353 e. The number of nitrogens with one attached hydrogen (secondary N) is 2. The maximum atomic E-state index is 12.7. The van der Waals surface area contributed by atoms with Crippen molar-refractivity contribution in [2.45, 2.75) is 83.3 Å². The summed E-state index contributed by atoms with van der Waals surface area (Å²) in [6, 6.07) is 1.74. The van der Waals surface area contributed by atoms with Crippen molar-refractivity contribution < 1.29 is 4.79 Å². The molecule has 4 heteroatoms. The molecule has 1 saturated carbocycles. The van der Waals surface area contributed by atoms with Crippen LogP contribution in [0.15, 0.2) is 0 Å². The summed E-state index contributed by atoms with van der Waals surface area (Å²) in [5.74, 6) is 0.981. The normalized spacial score (nSPS) is 34.2. The Labute approximate surface area is 129 Å². The number of carbonyl (C=O) groups excluding carboxylic acids is 1. The molecule has 3 fully saturated rings. The summed E-state index contributed by atoms with van der Waals surface area (Å²) in [5.41, 5.74) is -0.0158. The lowest BCUT2D eigenvalue weighted by Gasteiger charge is -2.43. The summed E-state index contributed by atoms with van der Waals surface area (Å²) < 4.78 is 0. The number of fused-ring (bicyclic) bond motifs is 2. The van der Waals surface area contributed by atoms with Crippen molar-refractivity contribution in [2.75, 3.05) is 0 Å². The van der Waals surface area contributed by atoms with Gasteiger partial charge >= 0.3 is 0 Å². The van der Waals surface area contributed by atoms with Crippen LogP contribution in [0.4, 0.5) is 0 Å². The fourth-order valence-corrected chi connectivity index (χ4v) is 4.42. The van der Waals surface area contributed by atoms with Gasteiger partial charge in [-0.1, -0.05) is 20.3 Å². The third-order valence-electron chi connectivity index (χ3n) is 5.40. The monoisotopic (exact) mass is 300 g/mol. The predicted octanol–water partition coefficient (Wildman–Crippen LogP) is 3.02. The Hall–Kier alpha value is -0.280. The number of hydrogen-bond acceptors (Lipinski definition) is 2. The van der Waals surface area contributed by atoms with E-state index in [1.165, 1.54) is 19.3 Å². The highest BCUT2D eigenvalue weighted by Gasteiger charge is 2.45. The van der Waals surface area contributed by atoms with Gasteiger partial charge < -0.3 is 10.6 Å². The van der Waals surface area contributed by atoms with Gasteiger partial charge in [-0.3, -0.25) is 4.79 Å². The van der Waals surface area contributed by atoms with Crippen LogP contribution in [0.25, 0.3) is 0 Å². The van der Waals surface area contributed by atoms with Crippen molar-refractivity contribution in [3.8, 4) is 0 Å². The van der Waals surface area contributed by atoms with Gasteiger partial charge in [0.05, 0.1) is 0 Å². The van der Waals surface area contributed by atoms with E-state index in [2.05, 4.69) is 24.5 Å². The Morgan fingerprint density at radius 1 is 1.25 bits per heavy atom. The van der Waals surface area contributed by atoms with Crippen molar-refractivity contribution in [1.29, 1.82) is 0 Å². The third kappa shape index (κ3) is 3.14. The maximum Gasteiger partial charge on any atom is 0.226 e. The van der Waals surface area contributed by atoms with Crippen molar-refractivity contribution in [3.63, 3.8) is 0 Å². The van der Waals surface area contributed by atoms with Crippen LogP contribution in [0.2, 0.25) is 0 Å². The molecule has 116 valence electrons. The van der Waals surface area contributed by atoms with Crippen LogP contribution < -0.4 is 10.6 Å². The fraction of sp³-hybridized carbons (Fsp3) is 0.938. The first kappa shape index (κ1) is 16.1. The molecule has 1 amide bonds. The molecule has 0 aromatic rings. The molecule has 2 saturated heterocycles. The van der Waals surface area contributed by atoms with E-state index in [1.54, 1.807) is 0 Å². The Bertz CT molecular complexity index is 342. The van der Waals surface area contributed by atoms with E-state index in [-0.39, 0.29) is 17.8 Å². The van der Waals surface area contributed by atoms with E-state index in [0.29, 0.717) is 30.0 Å². The SMILES string of the molecule is CC(C)CC1(C(=O)NC2CC3CCC(C2)N3)CCC1.Cl. The van der Waals surface area contributed by atoms with Crippen molar-refractivity contribution in [1.82, 2.24) is 10.6 Å². The molecule has 2 bridgehead atoms. The van der Waals surface area contributed by atoms with Crippen LogP contribution in [0.1, 0.15) is 65.2 Å². The van der Waals surface area contributed by atoms with Crippen molar-refractivity contribution in [2.24, 2.45) is 11.3 Å².